The summed E-state index contributed by atoms with van der Waals surface area (Å²) in [5, 5.41) is 4.07. The summed E-state index contributed by atoms with van der Waals surface area (Å²) in [4.78, 5) is 11.9. The van der Waals surface area contributed by atoms with Crippen molar-refractivity contribution >= 4 is 5.82 Å². The standard InChI is InChI=1S/C17H23N5O/c1-14-10-15(19-23-14)11-20-12-16(13-20)21-6-8-22(9-7-21)17-4-2-3-5-18-17/h2-5,10,16H,6-9,11-13H2,1H3. The first-order chi connectivity index (χ1) is 11.3. The molecule has 0 spiro atoms. The topological polar surface area (TPSA) is 48.6 Å². The Morgan fingerprint density at radius 3 is 2.65 bits per heavy atom. The highest BCUT2D eigenvalue weighted by molar-refractivity contribution is 5.38. The fraction of sp³-hybridized carbons (Fsp3) is 0.529. The van der Waals surface area contributed by atoms with Crippen LogP contribution in [0.25, 0.3) is 0 Å². The van der Waals surface area contributed by atoms with Crippen LogP contribution in [0.1, 0.15) is 11.5 Å². The van der Waals surface area contributed by atoms with Gasteiger partial charge in [0.25, 0.3) is 0 Å². The lowest BCUT2D eigenvalue weighted by Gasteiger charge is -2.48. The zero-order chi connectivity index (χ0) is 15.6. The zero-order valence-corrected chi connectivity index (χ0v) is 13.6. The number of anilines is 1. The molecule has 2 aliphatic rings. The molecule has 0 N–H and O–H groups in total. The third-order valence-electron chi connectivity index (χ3n) is 4.80. The molecular formula is C17H23N5O. The quantitative estimate of drug-likeness (QED) is 0.850. The number of hydrogen-bond donors (Lipinski definition) is 0. The molecule has 122 valence electrons. The highest BCUT2D eigenvalue weighted by atomic mass is 16.5. The van der Waals surface area contributed by atoms with Crippen molar-refractivity contribution in [2.24, 2.45) is 0 Å². The Hall–Kier alpha value is -1.92. The lowest BCUT2D eigenvalue weighted by atomic mass is 10.1. The molecule has 2 aliphatic heterocycles. The Bertz CT molecular complexity index is 629. The first-order valence-corrected chi connectivity index (χ1v) is 8.32. The van der Waals surface area contributed by atoms with Gasteiger partial charge in [0.15, 0.2) is 0 Å². The molecule has 0 amide bonds. The van der Waals surface area contributed by atoms with Crippen LogP contribution in [0.5, 0.6) is 0 Å². The van der Waals surface area contributed by atoms with Crippen LogP contribution in [0, 0.1) is 6.92 Å². The molecule has 23 heavy (non-hydrogen) atoms. The van der Waals surface area contributed by atoms with Crippen molar-refractivity contribution in [1.82, 2.24) is 19.9 Å². The van der Waals surface area contributed by atoms with Crippen molar-refractivity contribution < 1.29 is 4.52 Å². The molecule has 0 aliphatic carbocycles. The van der Waals surface area contributed by atoms with Crippen molar-refractivity contribution in [3.05, 3.63) is 41.9 Å². The monoisotopic (exact) mass is 313 g/mol. The molecule has 0 aromatic carbocycles. The molecule has 4 heterocycles. The lowest BCUT2D eigenvalue weighted by molar-refractivity contribution is 0.0243. The van der Waals surface area contributed by atoms with Crippen molar-refractivity contribution in [3.63, 3.8) is 0 Å². The van der Waals surface area contributed by atoms with Gasteiger partial charge >= 0.3 is 0 Å². The Labute approximate surface area is 136 Å². The summed E-state index contributed by atoms with van der Waals surface area (Å²) in [5.74, 6) is 1.99. The molecule has 2 aromatic rings. The molecule has 2 aromatic heterocycles. The molecule has 4 rings (SSSR count). The second-order valence-electron chi connectivity index (χ2n) is 6.49. The highest BCUT2D eigenvalue weighted by Gasteiger charge is 2.33. The maximum Gasteiger partial charge on any atom is 0.133 e. The van der Waals surface area contributed by atoms with E-state index in [9.17, 15) is 0 Å². The van der Waals surface area contributed by atoms with Gasteiger partial charge in [-0.1, -0.05) is 11.2 Å². The van der Waals surface area contributed by atoms with E-state index in [1.54, 1.807) is 0 Å². The van der Waals surface area contributed by atoms with Crippen LogP contribution in [-0.4, -0.2) is 65.3 Å². The predicted octanol–water partition coefficient (Wildman–Crippen LogP) is 1.38. The van der Waals surface area contributed by atoms with E-state index >= 15 is 0 Å². The predicted molar refractivity (Wildman–Crippen MR) is 88.3 cm³/mol. The van der Waals surface area contributed by atoms with Crippen LogP contribution in [0.2, 0.25) is 0 Å². The largest absolute Gasteiger partial charge is 0.361 e. The number of likely N-dealkylation sites (tertiary alicyclic amines) is 1. The molecular weight excluding hydrogens is 290 g/mol. The van der Waals surface area contributed by atoms with E-state index in [0.717, 1.165) is 63.1 Å². The van der Waals surface area contributed by atoms with Crippen molar-refractivity contribution in [2.75, 3.05) is 44.2 Å². The Balaban J connectivity index is 1.23. The molecule has 2 fully saturated rings. The van der Waals surface area contributed by atoms with Crippen LogP contribution in [0.15, 0.2) is 35.0 Å². The van der Waals surface area contributed by atoms with E-state index in [4.69, 9.17) is 4.52 Å². The van der Waals surface area contributed by atoms with E-state index in [-0.39, 0.29) is 0 Å². The van der Waals surface area contributed by atoms with Gasteiger partial charge in [-0.05, 0) is 19.1 Å². The van der Waals surface area contributed by atoms with Gasteiger partial charge in [-0.25, -0.2) is 4.98 Å². The average molecular weight is 313 g/mol. The number of aryl methyl sites for hydroxylation is 1. The summed E-state index contributed by atoms with van der Waals surface area (Å²) >= 11 is 0. The Morgan fingerprint density at radius 1 is 1.17 bits per heavy atom. The lowest BCUT2D eigenvalue weighted by Crippen LogP contribution is -2.62. The van der Waals surface area contributed by atoms with E-state index < -0.39 is 0 Å². The van der Waals surface area contributed by atoms with Gasteiger partial charge in [-0.2, -0.15) is 0 Å². The minimum absolute atomic E-state index is 0.689. The summed E-state index contributed by atoms with van der Waals surface area (Å²) in [6, 6.07) is 8.84. The van der Waals surface area contributed by atoms with Gasteiger partial charge in [-0.15, -0.1) is 0 Å². The average Bonchev–Trinajstić information content (AvgIpc) is 2.97. The van der Waals surface area contributed by atoms with Crippen LogP contribution in [-0.2, 0) is 6.54 Å². The Morgan fingerprint density at radius 2 is 2.00 bits per heavy atom. The molecule has 0 saturated carbocycles. The third kappa shape index (κ3) is 3.23. The van der Waals surface area contributed by atoms with Crippen LogP contribution < -0.4 is 4.90 Å². The van der Waals surface area contributed by atoms with Gasteiger partial charge in [0.2, 0.25) is 0 Å². The second-order valence-corrected chi connectivity index (χ2v) is 6.49. The number of pyridine rings is 1. The summed E-state index contributed by atoms with van der Waals surface area (Å²) < 4.78 is 5.13. The molecule has 0 unspecified atom stereocenters. The normalized spacial score (nSPS) is 20.7. The number of hydrogen-bond acceptors (Lipinski definition) is 6. The van der Waals surface area contributed by atoms with Crippen LogP contribution >= 0.6 is 0 Å². The van der Waals surface area contributed by atoms with Crippen molar-refractivity contribution in [2.45, 2.75) is 19.5 Å². The zero-order valence-electron chi connectivity index (χ0n) is 13.6. The number of rotatable bonds is 4. The van der Waals surface area contributed by atoms with Gasteiger partial charge in [0.1, 0.15) is 11.6 Å². The van der Waals surface area contributed by atoms with Gasteiger partial charge in [-0.3, -0.25) is 9.80 Å². The van der Waals surface area contributed by atoms with Crippen LogP contribution in [0.4, 0.5) is 5.82 Å². The van der Waals surface area contributed by atoms with Gasteiger partial charge in [0.05, 0.1) is 5.69 Å². The maximum atomic E-state index is 5.13. The second kappa shape index (κ2) is 6.29. The van der Waals surface area contributed by atoms with Crippen LogP contribution in [0.3, 0.4) is 0 Å². The smallest absolute Gasteiger partial charge is 0.133 e. The van der Waals surface area contributed by atoms with Crippen molar-refractivity contribution in [1.29, 1.82) is 0 Å². The van der Waals surface area contributed by atoms with E-state index in [2.05, 4.69) is 37.0 Å². The van der Waals surface area contributed by atoms with Gasteiger partial charge in [0, 0.05) is 64.1 Å². The summed E-state index contributed by atoms with van der Waals surface area (Å²) in [5.41, 5.74) is 1.04. The minimum atomic E-state index is 0.689. The highest BCUT2D eigenvalue weighted by Crippen LogP contribution is 2.21. The molecule has 6 nitrogen and oxygen atoms in total. The fourth-order valence-corrected chi connectivity index (χ4v) is 3.48. The number of piperazine rings is 1. The summed E-state index contributed by atoms with van der Waals surface area (Å²) in [6.45, 7) is 9.49. The molecule has 0 radical (unpaired) electrons. The SMILES string of the molecule is Cc1cc(CN2CC(N3CCN(c4ccccn4)CC3)C2)no1. The fourth-order valence-electron chi connectivity index (χ4n) is 3.48. The molecule has 2 saturated heterocycles. The molecule has 0 bridgehead atoms. The van der Waals surface area contributed by atoms with E-state index in [1.165, 1.54) is 0 Å². The summed E-state index contributed by atoms with van der Waals surface area (Å²) in [6.07, 6.45) is 1.87. The van der Waals surface area contributed by atoms with E-state index in [0.29, 0.717) is 6.04 Å². The van der Waals surface area contributed by atoms with E-state index in [1.807, 2.05) is 25.3 Å². The van der Waals surface area contributed by atoms with Crippen molar-refractivity contribution in [3.8, 4) is 0 Å². The number of nitrogens with zero attached hydrogens (tertiary/aromatic N) is 5. The summed E-state index contributed by atoms with van der Waals surface area (Å²) in [7, 11) is 0. The first kappa shape index (κ1) is 14.7. The minimum Gasteiger partial charge on any atom is -0.361 e. The molecule has 6 heteroatoms. The number of aromatic nitrogens is 2. The Kier molecular flexibility index (Phi) is 4.01. The first-order valence-electron chi connectivity index (χ1n) is 8.32. The molecule has 0 atom stereocenters. The maximum absolute atomic E-state index is 5.13. The van der Waals surface area contributed by atoms with Gasteiger partial charge < -0.3 is 9.42 Å². The third-order valence-corrected chi connectivity index (χ3v) is 4.80.